The lowest BCUT2D eigenvalue weighted by Crippen LogP contribution is -2.14. The van der Waals surface area contributed by atoms with Gasteiger partial charge in [-0.3, -0.25) is 4.79 Å². The predicted molar refractivity (Wildman–Crippen MR) is 68.5 cm³/mol. The van der Waals surface area contributed by atoms with E-state index in [1.807, 2.05) is 23.8 Å². The summed E-state index contributed by atoms with van der Waals surface area (Å²) >= 11 is 1.53. The first kappa shape index (κ1) is 11.5. The highest BCUT2D eigenvalue weighted by Crippen LogP contribution is 2.13. The Balaban J connectivity index is 2.04. The third-order valence-electron chi connectivity index (χ3n) is 2.03. The van der Waals surface area contributed by atoms with Gasteiger partial charge in [-0.2, -0.15) is 11.3 Å². The van der Waals surface area contributed by atoms with Crippen LogP contribution in [-0.4, -0.2) is 22.6 Å². The summed E-state index contributed by atoms with van der Waals surface area (Å²) < 4.78 is 0. The van der Waals surface area contributed by atoms with Crippen molar-refractivity contribution in [3.63, 3.8) is 0 Å². The Labute approximate surface area is 103 Å². The summed E-state index contributed by atoms with van der Waals surface area (Å²) in [6.45, 7) is 2.74. The van der Waals surface area contributed by atoms with Crippen LogP contribution in [0.15, 0.2) is 29.0 Å². The number of nitrogens with zero attached hydrogens (tertiary/aromatic N) is 2. The van der Waals surface area contributed by atoms with Crippen molar-refractivity contribution in [3.05, 3.63) is 34.7 Å². The Morgan fingerprint density at radius 2 is 2.24 bits per heavy atom. The molecule has 0 aliphatic heterocycles. The molecule has 2 aromatic rings. The molecule has 0 spiro atoms. The van der Waals surface area contributed by atoms with Gasteiger partial charge in [0.15, 0.2) is 5.69 Å². The van der Waals surface area contributed by atoms with Crippen LogP contribution in [0.3, 0.4) is 0 Å². The van der Waals surface area contributed by atoms with Crippen LogP contribution in [-0.2, 0) is 0 Å². The average molecular weight is 248 g/mol. The zero-order valence-corrected chi connectivity index (χ0v) is 10.1. The van der Waals surface area contributed by atoms with E-state index >= 15 is 0 Å². The molecule has 0 saturated heterocycles. The highest BCUT2D eigenvalue weighted by atomic mass is 32.1. The van der Waals surface area contributed by atoms with E-state index in [-0.39, 0.29) is 5.91 Å². The van der Waals surface area contributed by atoms with Crippen molar-refractivity contribution in [3.8, 4) is 0 Å². The Hall–Kier alpha value is -1.95. The maximum atomic E-state index is 11.8. The number of thiophene rings is 1. The minimum Gasteiger partial charge on any atom is -0.369 e. The summed E-state index contributed by atoms with van der Waals surface area (Å²) in [4.78, 5) is 11.8. The number of hydrogen-bond acceptors (Lipinski definition) is 5. The molecule has 6 heteroatoms. The SMILES string of the molecule is CCNc1ccc(C(=O)Nc2ccsc2)nn1. The van der Waals surface area contributed by atoms with Gasteiger partial charge in [0.2, 0.25) is 0 Å². The van der Waals surface area contributed by atoms with E-state index < -0.39 is 0 Å². The van der Waals surface area contributed by atoms with Crippen LogP contribution in [0.4, 0.5) is 11.5 Å². The van der Waals surface area contributed by atoms with Crippen molar-refractivity contribution in [2.45, 2.75) is 6.92 Å². The summed E-state index contributed by atoms with van der Waals surface area (Å²) in [6, 6.07) is 5.22. The first-order valence-electron chi connectivity index (χ1n) is 5.20. The van der Waals surface area contributed by atoms with Crippen molar-refractivity contribution >= 4 is 28.7 Å². The van der Waals surface area contributed by atoms with E-state index in [1.54, 1.807) is 12.1 Å². The lowest BCUT2D eigenvalue weighted by molar-refractivity contribution is 0.102. The highest BCUT2D eigenvalue weighted by molar-refractivity contribution is 7.08. The molecule has 0 unspecified atom stereocenters. The zero-order valence-electron chi connectivity index (χ0n) is 9.30. The fourth-order valence-electron chi connectivity index (χ4n) is 1.26. The van der Waals surface area contributed by atoms with Crippen molar-refractivity contribution in [2.24, 2.45) is 0 Å². The van der Waals surface area contributed by atoms with Gasteiger partial charge in [-0.05, 0) is 30.5 Å². The molecule has 0 aliphatic carbocycles. The highest BCUT2D eigenvalue weighted by Gasteiger charge is 2.08. The van der Waals surface area contributed by atoms with Crippen LogP contribution in [0.25, 0.3) is 0 Å². The van der Waals surface area contributed by atoms with Crippen LogP contribution in [0.2, 0.25) is 0 Å². The Kier molecular flexibility index (Phi) is 3.66. The first-order chi connectivity index (χ1) is 8.29. The minimum absolute atomic E-state index is 0.251. The number of carbonyl (C=O) groups is 1. The van der Waals surface area contributed by atoms with E-state index in [0.29, 0.717) is 11.5 Å². The molecule has 0 atom stereocenters. The molecular formula is C11H12N4OS. The van der Waals surface area contributed by atoms with Gasteiger partial charge in [0, 0.05) is 11.9 Å². The van der Waals surface area contributed by atoms with Gasteiger partial charge < -0.3 is 10.6 Å². The summed E-state index contributed by atoms with van der Waals surface area (Å²) in [5.74, 6) is 0.415. The van der Waals surface area contributed by atoms with Gasteiger partial charge in [-0.15, -0.1) is 10.2 Å². The number of carbonyl (C=O) groups excluding carboxylic acids is 1. The molecular weight excluding hydrogens is 236 g/mol. The normalized spacial score (nSPS) is 9.94. The van der Waals surface area contributed by atoms with Crippen LogP contribution < -0.4 is 10.6 Å². The second-order valence-corrected chi connectivity index (χ2v) is 4.08. The first-order valence-corrected chi connectivity index (χ1v) is 6.15. The van der Waals surface area contributed by atoms with Crippen LogP contribution in [0.1, 0.15) is 17.4 Å². The Bertz CT molecular complexity index is 481. The molecule has 2 heterocycles. The molecule has 88 valence electrons. The largest absolute Gasteiger partial charge is 0.369 e. The molecule has 0 fully saturated rings. The van der Waals surface area contributed by atoms with Crippen LogP contribution >= 0.6 is 11.3 Å². The van der Waals surface area contributed by atoms with Crippen molar-refractivity contribution in [1.82, 2.24) is 10.2 Å². The Morgan fingerprint density at radius 3 is 2.82 bits per heavy atom. The maximum Gasteiger partial charge on any atom is 0.276 e. The van der Waals surface area contributed by atoms with Crippen LogP contribution in [0.5, 0.6) is 0 Å². The number of aromatic nitrogens is 2. The molecule has 0 aromatic carbocycles. The summed E-state index contributed by atoms with van der Waals surface area (Å²) in [5, 5.41) is 17.3. The third-order valence-corrected chi connectivity index (χ3v) is 2.72. The molecule has 2 aromatic heterocycles. The fraction of sp³-hybridized carbons (Fsp3) is 0.182. The second-order valence-electron chi connectivity index (χ2n) is 3.30. The molecule has 0 bridgehead atoms. The van der Waals surface area contributed by atoms with Crippen molar-refractivity contribution in [2.75, 3.05) is 17.2 Å². The monoisotopic (exact) mass is 248 g/mol. The molecule has 0 radical (unpaired) electrons. The average Bonchev–Trinajstić information content (AvgIpc) is 2.83. The van der Waals surface area contributed by atoms with Gasteiger partial charge in [0.25, 0.3) is 5.91 Å². The lowest BCUT2D eigenvalue weighted by atomic mass is 10.3. The van der Waals surface area contributed by atoms with E-state index in [0.717, 1.165) is 12.2 Å². The van der Waals surface area contributed by atoms with E-state index in [4.69, 9.17) is 0 Å². The topological polar surface area (TPSA) is 66.9 Å². The van der Waals surface area contributed by atoms with Gasteiger partial charge >= 0.3 is 0 Å². The smallest absolute Gasteiger partial charge is 0.276 e. The molecule has 2 N–H and O–H groups in total. The quantitative estimate of drug-likeness (QED) is 0.870. The standard InChI is InChI=1S/C11H12N4OS/c1-2-12-10-4-3-9(14-15-10)11(16)13-8-5-6-17-7-8/h3-7H,2H2,1H3,(H,12,15)(H,13,16). The third kappa shape index (κ3) is 3.01. The minimum atomic E-state index is -0.251. The molecule has 17 heavy (non-hydrogen) atoms. The molecule has 5 nitrogen and oxygen atoms in total. The van der Waals surface area contributed by atoms with Gasteiger partial charge in [0.1, 0.15) is 5.82 Å². The number of nitrogens with one attached hydrogen (secondary N) is 2. The van der Waals surface area contributed by atoms with Crippen LogP contribution in [0, 0.1) is 0 Å². The molecule has 2 rings (SSSR count). The lowest BCUT2D eigenvalue weighted by Gasteiger charge is -2.03. The molecule has 0 aliphatic rings. The Morgan fingerprint density at radius 1 is 1.35 bits per heavy atom. The van der Waals surface area contributed by atoms with Gasteiger partial charge in [-0.1, -0.05) is 0 Å². The maximum absolute atomic E-state index is 11.8. The predicted octanol–water partition coefficient (Wildman–Crippen LogP) is 2.22. The van der Waals surface area contributed by atoms with Gasteiger partial charge in [-0.25, -0.2) is 0 Å². The van der Waals surface area contributed by atoms with Crippen molar-refractivity contribution in [1.29, 1.82) is 0 Å². The van der Waals surface area contributed by atoms with Gasteiger partial charge in [0.05, 0.1) is 5.69 Å². The second kappa shape index (κ2) is 5.40. The van der Waals surface area contributed by atoms with E-state index in [2.05, 4.69) is 20.8 Å². The van der Waals surface area contributed by atoms with E-state index in [9.17, 15) is 4.79 Å². The summed E-state index contributed by atoms with van der Waals surface area (Å²) in [7, 11) is 0. The number of anilines is 2. The molecule has 0 saturated carbocycles. The zero-order chi connectivity index (χ0) is 12.1. The molecule has 1 amide bonds. The number of rotatable bonds is 4. The summed E-state index contributed by atoms with van der Waals surface area (Å²) in [6.07, 6.45) is 0. The fourth-order valence-corrected chi connectivity index (χ4v) is 1.85. The number of amides is 1. The number of hydrogen-bond donors (Lipinski definition) is 2. The van der Waals surface area contributed by atoms with Crippen molar-refractivity contribution < 1.29 is 4.79 Å². The summed E-state index contributed by atoms with van der Waals surface area (Å²) in [5.41, 5.74) is 1.08. The van der Waals surface area contributed by atoms with E-state index in [1.165, 1.54) is 11.3 Å².